The van der Waals surface area contributed by atoms with E-state index in [0.29, 0.717) is 16.9 Å². The highest BCUT2D eigenvalue weighted by Gasteiger charge is 2.27. The number of piperidine rings is 1. The van der Waals surface area contributed by atoms with Gasteiger partial charge in [0, 0.05) is 19.6 Å². The third-order valence-corrected chi connectivity index (χ3v) is 4.90. The molecule has 8 heteroatoms. The zero-order valence-corrected chi connectivity index (χ0v) is 13.3. The van der Waals surface area contributed by atoms with Gasteiger partial charge in [-0.2, -0.15) is 4.98 Å². The Labute approximate surface area is 131 Å². The van der Waals surface area contributed by atoms with E-state index in [1.165, 1.54) is 17.7 Å². The second kappa shape index (κ2) is 6.43. The van der Waals surface area contributed by atoms with Crippen LogP contribution in [0.5, 0.6) is 0 Å². The minimum absolute atomic E-state index is 0.0152. The summed E-state index contributed by atoms with van der Waals surface area (Å²) in [5.74, 6) is 0.0992. The second-order valence-corrected chi connectivity index (χ2v) is 6.43. The molecule has 1 amide bonds. The molecule has 0 radical (unpaired) electrons. The Morgan fingerprint density at radius 1 is 1.59 bits per heavy atom. The van der Waals surface area contributed by atoms with Crippen molar-refractivity contribution in [3.05, 3.63) is 16.7 Å². The largest absolute Gasteiger partial charge is 0.356 e. The predicted molar refractivity (Wildman–Crippen MR) is 86.3 cm³/mol. The van der Waals surface area contributed by atoms with Gasteiger partial charge in [-0.05, 0) is 19.3 Å². The van der Waals surface area contributed by atoms with Crippen LogP contribution in [0.4, 0.5) is 5.13 Å². The summed E-state index contributed by atoms with van der Waals surface area (Å²) in [6.45, 7) is 4.26. The van der Waals surface area contributed by atoms with E-state index in [9.17, 15) is 9.59 Å². The van der Waals surface area contributed by atoms with E-state index in [4.69, 9.17) is 0 Å². The van der Waals surface area contributed by atoms with Gasteiger partial charge in [-0.1, -0.05) is 18.3 Å². The number of aromatic nitrogens is 3. The number of anilines is 1. The number of H-pyrrole nitrogens is 1. The molecule has 2 aromatic rings. The normalized spacial score (nSPS) is 18.6. The Bertz CT molecular complexity index is 725. The van der Waals surface area contributed by atoms with E-state index in [1.54, 1.807) is 0 Å². The van der Waals surface area contributed by atoms with Gasteiger partial charge < -0.3 is 15.2 Å². The number of hydrogen-bond donors (Lipinski definition) is 2. The molecule has 118 valence electrons. The van der Waals surface area contributed by atoms with E-state index in [0.717, 1.165) is 37.5 Å². The molecule has 1 unspecified atom stereocenters. The van der Waals surface area contributed by atoms with Crippen molar-refractivity contribution in [1.82, 2.24) is 20.3 Å². The highest BCUT2D eigenvalue weighted by atomic mass is 32.1. The van der Waals surface area contributed by atoms with Crippen molar-refractivity contribution < 1.29 is 4.79 Å². The van der Waals surface area contributed by atoms with Gasteiger partial charge in [-0.3, -0.25) is 9.59 Å². The fourth-order valence-electron chi connectivity index (χ4n) is 2.65. The van der Waals surface area contributed by atoms with Crippen LogP contribution in [-0.2, 0) is 4.79 Å². The van der Waals surface area contributed by atoms with E-state index < -0.39 is 0 Å². The Morgan fingerprint density at radius 3 is 3.23 bits per heavy atom. The van der Waals surface area contributed by atoms with Crippen LogP contribution in [-0.4, -0.2) is 40.5 Å². The number of rotatable bonds is 4. The van der Waals surface area contributed by atoms with Gasteiger partial charge in [-0.25, -0.2) is 4.98 Å². The lowest BCUT2D eigenvalue weighted by atomic mass is 9.97. The third-order valence-electron chi connectivity index (χ3n) is 3.80. The number of fused-ring (bicyclic) bond motifs is 1. The molecule has 1 aliphatic rings. The van der Waals surface area contributed by atoms with Crippen molar-refractivity contribution in [2.45, 2.75) is 26.2 Å². The first-order chi connectivity index (χ1) is 10.7. The maximum atomic E-state index is 12.1. The van der Waals surface area contributed by atoms with Crippen molar-refractivity contribution in [2.24, 2.45) is 5.92 Å². The first kappa shape index (κ1) is 15.0. The Hall–Kier alpha value is -1.96. The molecule has 1 saturated heterocycles. The molecule has 1 atom stereocenters. The van der Waals surface area contributed by atoms with Crippen LogP contribution in [0.3, 0.4) is 0 Å². The Balaban J connectivity index is 1.77. The Kier molecular flexibility index (Phi) is 4.37. The van der Waals surface area contributed by atoms with Crippen LogP contribution in [0.2, 0.25) is 0 Å². The summed E-state index contributed by atoms with van der Waals surface area (Å²) in [5.41, 5.74) is 0.310. The van der Waals surface area contributed by atoms with Gasteiger partial charge in [-0.15, -0.1) is 0 Å². The smallest absolute Gasteiger partial charge is 0.270 e. The van der Waals surface area contributed by atoms with Gasteiger partial charge in [0.2, 0.25) is 5.91 Å². The highest BCUT2D eigenvalue weighted by molar-refractivity contribution is 7.22. The zero-order valence-electron chi connectivity index (χ0n) is 12.5. The summed E-state index contributed by atoms with van der Waals surface area (Å²) in [4.78, 5) is 37.1. The summed E-state index contributed by atoms with van der Waals surface area (Å²) in [6.07, 6.45) is 4.15. The molecule has 2 aromatic heterocycles. The molecule has 0 saturated carbocycles. The molecule has 3 heterocycles. The number of nitrogens with one attached hydrogen (secondary N) is 2. The molecule has 22 heavy (non-hydrogen) atoms. The average molecular weight is 321 g/mol. The van der Waals surface area contributed by atoms with E-state index in [-0.39, 0.29) is 17.4 Å². The lowest BCUT2D eigenvalue weighted by Crippen LogP contribution is -2.43. The average Bonchev–Trinajstić information content (AvgIpc) is 2.98. The van der Waals surface area contributed by atoms with E-state index in [1.807, 2.05) is 6.92 Å². The van der Waals surface area contributed by atoms with Crippen LogP contribution in [0, 0.1) is 5.92 Å². The first-order valence-electron chi connectivity index (χ1n) is 7.56. The van der Waals surface area contributed by atoms with E-state index >= 15 is 0 Å². The summed E-state index contributed by atoms with van der Waals surface area (Å²) in [7, 11) is 0. The lowest BCUT2D eigenvalue weighted by molar-refractivity contribution is -0.125. The zero-order chi connectivity index (χ0) is 15.5. The highest BCUT2D eigenvalue weighted by Crippen LogP contribution is 2.29. The monoisotopic (exact) mass is 321 g/mol. The molecular formula is C14H19N5O2S. The minimum atomic E-state index is -0.164. The third kappa shape index (κ3) is 2.96. The Morgan fingerprint density at radius 2 is 2.45 bits per heavy atom. The number of carbonyl (C=O) groups is 1. The summed E-state index contributed by atoms with van der Waals surface area (Å²) in [6, 6.07) is 0. The van der Waals surface area contributed by atoms with Gasteiger partial charge in [0.15, 0.2) is 10.8 Å². The van der Waals surface area contributed by atoms with Crippen molar-refractivity contribution in [1.29, 1.82) is 0 Å². The first-order valence-corrected chi connectivity index (χ1v) is 8.37. The van der Waals surface area contributed by atoms with Gasteiger partial charge >= 0.3 is 0 Å². The maximum absolute atomic E-state index is 12.1. The number of aromatic amines is 1. The maximum Gasteiger partial charge on any atom is 0.270 e. The molecule has 0 bridgehead atoms. The predicted octanol–water partition coefficient (Wildman–Crippen LogP) is 1.12. The summed E-state index contributed by atoms with van der Waals surface area (Å²) in [5, 5.41) is 3.73. The fourth-order valence-corrected chi connectivity index (χ4v) is 3.60. The summed E-state index contributed by atoms with van der Waals surface area (Å²) >= 11 is 1.34. The molecule has 3 rings (SSSR count). The van der Waals surface area contributed by atoms with Gasteiger partial charge in [0.05, 0.1) is 12.2 Å². The molecule has 0 aliphatic carbocycles. The number of carbonyl (C=O) groups excluding carboxylic acids is 1. The van der Waals surface area contributed by atoms with Crippen LogP contribution < -0.4 is 15.8 Å². The SMILES string of the molecule is CCCNC(=O)C1CCCN(c2nc3nc[nH]c(=O)c3s2)C1. The van der Waals surface area contributed by atoms with E-state index in [2.05, 4.69) is 25.2 Å². The number of nitrogens with zero attached hydrogens (tertiary/aromatic N) is 3. The molecule has 7 nitrogen and oxygen atoms in total. The fraction of sp³-hybridized carbons (Fsp3) is 0.571. The van der Waals surface area contributed by atoms with Crippen molar-refractivity contribution in [2.75, 3.05) is 24.5 Å². The van der Waals surface area contributed by atoms with Crippen molar-refractivity contribution in [3.8, 4) is 0 Å². The number of amides is 1. The number of thiazole rings is 1. The topological polar surface area (TPSA) is 91.0 Å². The lowest BCUT2D eigenvalue weighted by Gasteiger charge is -2.31. The van der Waals surface area contributed by atoms with Crippen LogP contribution in [0.25, 0.3) is 10.3 Å². The van der Waals surface area contributed by atoms with Crippen LogP contribution in [0.1, 0.15) is 26.2 Å². The standard InChI is InChI=1S/C14H19N5O2S/c1-2-5-15-12(20)9-4-3-6-19(7-9)14-18-11-10(22-14)13(21)17-8-16-11/h8-9H,2-7H2,1H3,(H,15,20)(H,16,17,21). The molecular weight excluding hydrogens is 302 g/mol. The van der Waals surface area contributed by atoms with Gasteiger partial charge in [0.25, 0.3) is 5.56 Å². The molecule has 1 aliphatic heterocycles. The molecule has 0 aromatic carbocycles. The second-order valence-electron chi connectivity index (χ2n) is 5.46. The van der Waals surface area contributed by atoms with Gasteiger partial charge in [0.1, 0.15) is 4.70 Å². The molecule has 1 fully saturated rings. The minimum Gasteiger partial charge on any atom is -0.356 e. The quantitative estimate of drug-likeness (QED) is 0.880. The number of hydrogen-bond acceptors (Lipinski definition) is 6. The molecule has 2 N–H and O–H groups in total. The van der Waals surface area contributed by atoms with Crippen molar-refractivity contribution >= 4 is 32.7 Å². The molecule has 0 spiro atoms. The van der Waals surface area contributed by atoms with Crippen LogP contribution >= 0.6 is 11.3 Å². The summed E-state index contributed by atoms with van der Waals surface area (Å²) < 4.78 is 0.537. The van der Waals surface area contributed by atoms with Crippen molar-refractivity contribution in [3.63, 3.8) is 0 Å². The van der Waals surface area contributed by atoms with Crippen LogP contribution in [0.15, 0.2) is 11.1 Å².